The van der Waals surface area contributed by atoms with E-state index in [1.807, 2.05) is 30.3 Å². The van der Waals surface area contributed by atoms with Crippen LogP contribution < -0.4 is 0 Å². The van der Waals surface area contributed by atoms with Crippen molar-refractivity contribution < 1.29 is 4.42 Å². The Labute approximate surface area is 144 Å². The highest BCUT2D eigenvalue weighted by Gasteiger charge is 2.11. The van der Waals surface area contributed by atoms with Crippen molar-refractivity contribution in [1.82, 2.24) is 0 Å². The maximum absolute atomic E-state index is 9.11. The van der Waals surface area contributed by atoms with Crippen molar-refractivity contribution in [2.45, 2.75) is 0 Å². The van der Waals surface area contributed by atoms with E-state index in [1.165, 1.54) is 10.8 Å². The topological polar surface area (TPSA) is 36.9 Å². The van der Waals surface area contributed by atoms with Crippen LogP contribution in [0.5, 0.6) is 0 Å². The molecule has 0 saturated heterocycles. The molecule has 0 bridgehead atoms. The second kappa shape index (κ2) is 5.22. The summed E-state index contributed by atoms with van der Waals surface area (Å²) in [6, 6.07) is 28.6. The van der Waals surface area contributed by atoms with Gasteiger partial charge in [0.2, 0.25) is 0 Å². The molecule has 0 aliphatic heterocycles. The summed E-state index contributed by atoms with van der Waals surface area (Å²) in [5, 5.41) is 13.8. The van der Waals surface area contributed by atoms with Crippen LogP contribution in [0.1, 0.15) is 5.56 Å². The summed E-state index contributed by atoms with van der Waals surface area (Å²) in [5.41, 5.74) is 4.50. The largest absolute Gasteiger partial charge is 0.456 e. The van der Waals surface area contributed by atoms with Crippen LogP contribution in [0.25, 0.3) is 43.8 Å². The van der Waals surface area contributed by atoms with Gasteiger partial charge in [0.15, 0.2) is 0 Å². The van der Waals surface area contributed by atoms with E-state index < -0.39 is 0 Å². The molecule has 0 aliphatic rings. The summed E-state index contributed by atoms with van der Waals surface area (Å²) >= 11 is 0. The average molecular weight is 319 g/mol. The third-order valence-electron chi connectivity index (χ3n) is 4.69. The Morgan fingerprint density at radius 3 is 2.48 bits per heavy atom. The molecule has 0 atom stereocenters. The fourth-order valence-corrected chi connectivity index (χ4v) is 3.49. The van der Waals surface area contributed by atoms with Crippen molar-refractivity contribution in [3.8, 4) is 17.2 Å². The van der Waals surface area contributed by atoms with Crippen LogP contribution in [-0.2, 0) is 0 Å². The molecule has 0 unspecified atom stereocenters. The standard InChI is InChI=1S/C23H13NO/c24-14-15-4-3-6-17(12-15)18-8-10-20-22(13-18)25-21-11-9-16-5-1-2-7-19(16)23(20)21/h1-13H. The van der Waals surface area contributed by atoms with E-state index in [0.29, 0.717) is 5.56 Å². The summed E-state index contributed by atoms with van der Waals surface area (Å²) in [6.07, 6.45) is 0. The van der Waals surface area contributed by atoms with Gasteiger partial charge in [-0.1, -0.05) is 48.5 Å². The lowest BCUT2D eigenvalue weighted by molar-refractivity contribution is 0.669. The lowest BCUT2D eigenvalue weighted by atomic mass is 10.00. The van der Waals surface area contributed by atoms with Crippen molar-refractivity contribution in [3.05, 3.63) is 84.4 Å². The maximum Gasteiger partial charge on any atom is 0.136 e. The van der Waals surface area contributed by atoms with Crippen molar-refractivity contribution in [2.24, 2.45) is 0 Å². The van der Waals surface area contributed by atoms with Gasteiger partial charge in [0.25, 0.3) is 0 Å². The minimum absolute atomic E-state index is 0.660. The van der Waals surface area contributed by atoms with Gasteiger partial charge in [0.05, 0.1) is 11.6 Å². The second-order valence-electron chi connectivity index (χ2n) is 6.17. The Bertz CT molecular complexity index is 1300. The van der Waals surface area contributed by atoms with Crippen LogP contribution in [0.4, 0.5) is 0 Å². The molecular weight excluding hydrogens is 306 g/mol. The monoisotopic (exact) mass is 319 g/mol. The van der Waals surface area contributed by atoms with Gasteiger partial charge in [-0.05, 0) is 52.2 Å². The summed E-state index contributed by atoms with van der Waals surface area (Å²) in [6.45, 7) is 0. The van der Waals surface area contributed by atoms with Crippen LogP contribution in [0.3, 0.4) is 0 Å². The molecule has 1 aromatic heterocycles. The minimum Gasteiger partial charge on any atom is -0.456 e. The number of nitriles is 1. The molecule has 5 rings (SSSR count). The molecular formula is C23H13NO. The Hall–Kier alpha value is -3.57. The van der Waals surface area contributed by atoms with E-state index >= 15 is 0 Å². The molecule has 0 radical (unpaired) electrons. The van der Waals surface area contributed by atoms with Crippen LogP contribution in [0.2, 0.25) is 0 Å². The minimum atomic E-state index is 0.660. The quantitative estimate of drug-likeness (QED) is 0.365. The van der Waals surface area contributed by atoms with Gasteiger partial charge in [0, 0.05) is 10.8 Å². The number of benzene rings is 4. The SMILES string of the molecule is N#Cc1cccc(-c2ccc3c(c2)oc2ccc4ccccc4c23)c1. The lowest BCUT2D eigenvalue weighted by Crippen LogP contribution is -1.80. The zero-order valence-corrected chi connectivity index (χ0v) is 13.4. The van der Waals surface area contributed by atoms with Gasteiger partial charge in [-0.25, -0.2) is 0 Å². The van der Waals surface area contributed by atoms with Crippen LogP contribution in [0, 0.1) is 11.3 Å². The second-order valence-corrected chi connectivity index (χ2v) is 6.17. The summed E-state index contributed by atoms with van der Waals surface area (Å²) < 4.78 is 6.11. The molecule has 116 valence electrons. The maximum atomic E-state index is 9.11. The smallest absolute Gasteiger partial charge is 0.136 e. The Morgan fingerprint density at radius 2 is 1.56 bits per heavy atom. The van der Waals surface area contributed by atoms with Gasteiger partial charge in [0.1, 0.15) is 11.2 Å². The van der Waals surface area contributed by atoms with E-state index in [4.69, 9.17) is 9.68 Å². The first-order chi connectivity index (χ1) is 12.3. The zero-order chi connectivity index (χ0) is 16.8. The number of hydrogen-bond donors (Lipinski definition) is 0. The molecule has 1 heterocycles. The Balaban J connectivity index is 1.79. The molecule has 25 heavy (non-hydrogen) atoms. The number of rotatable bonds is 1. The van der Waals surface area contributed by atoms with E-state index in [2.05, 4.69) is 54.6 Å². The highest BCUT2D eigenvalue weighted by atomic mass is 16.3. The predicted octanol–water partition coefficient (Wildman–Crippen LogP) is 6.28. The van der Waals surface area contributed by atoms with E-state index in [9.17, 15) is 0 Å². The van der Waals surface area contributed by atoms with Crippen LogP contribution in [0.15, 0.2) is 83.3 Å². The van der Waals surface area contributed by atoms with E-state index in [-0.39, 0.29) is 0 Å². The van der Waals surface area contributed by atoms with Crippen LogP contribution in [-0.4, -0.2) is 0 Å². The number of fused-ring (bicyclic) bond motifs is 5. The normalized spacial score (nSPS) is 11.2. The third kappa shape index (κ3) is 2.10. The molecule has 2 nitrogen and oxygen atoms in total. The molecule has 0 N–H and O–H groups in total. The molecule has 5 aromatic rings. The van der Waals surface area contributed by atoms with Crippen molar-refractivity contribution >= 4 is 32.7 Å². The van der Waals surface area contributed by atoms with E-state index in [0.717, 1.165) is 33.1 Å². The van der Waals surface area contributed by atoms with Gasteiger partial charge >= 0.3 is 0 Å². The molecule has 0 amide bonds. The first-order valence-electron chi connectivity index (χ1n) is 8.18. The van der Waals surface area contributed by atoms with Gasteiger partial charge in [-0.3, -0.25) is 0 Å². The van der Waals surface area contributed by atoms with Crippen molar-refractivity contribution in [1.29, 1.82) is 5.26 Å². The predicted molar refractivity (Wildman–Crippen MR) is 101 cm³/mol. The third-order valence-corrected chi connectivity index (χ3v) is 4.69. The average Bonchev–Trinajstić information content (AvgIpc) is 3.06. The highest BCUT2D eigenvalue weighted by Crippen LogP contribution is 2.36. The van der Waals surface area contributed by atoms with Gasteiger partial charge in [-0.2, -0.15) is 5.26 Å². The summed E-state index contributed by atoms with van der Waals surface area (Å²) in [7, 11) is 0. The molecule has 2 heteroatoms. The number of hydrogen-bond acceptors (Lipinski definition) is 2. The zero-order valence-electron chi connectivity index (χ0n) is 13.4. The van der Waals surface area contributed by atoms with Crippen molar-refractivity contribution in [2.75, 3.05) is 0 Å². The molecule has 0 saturated carbocycles. The van der Waals surface area contributed by atoms with Crippen molar-refractivity contribution in [3.63, 3.8) is 0 Å². The highest BCUT2D eigenvalue weighted by molar-refractivity contribution is 6.19. The fraction of sp³-hybridized carbons (Fsp3) is 0. The molecule has 0 spiro atoms. The number of furan rings is 1. The first kappa shape index (κ1) is 13.8. The first-order valence-corrected chi connectivity index (χ1v) is 8.18. The summed E-state index contributed by atoms with van der Waals surface area (Å²) in [4.78, 5) is 0. The Morgan fingerprint density at radius 1 is 0.680 bits per heavy atom. The lowest BCUT2D eigenvalue weighted by Gasteiger charge is -2.02. The Kier molecular flexibility index (Phi) is 2.89. The number of nitrogens with zero attached hydrogens (tertiary/aromatic N) is 1. The molecule has 0 aliphatic carbocycles. The summed E-state index contributed by atoms with van der Waals surface area (Å²) in [5.74, 6) is 0. The van der Waals surface area contributed by atoms with E-state index in [1.54, 1.807) is 0 Å². The fourth-order valence-electron chi connectivity index (χ4n) is 3.49. The van der Waals surface area contributed by atoms with Crippen LogP contribution >= 0.6 is 0 Å². The van der Waals surface area contributed by atoms with Gasteiger partial charge in [-0.15, -0.1) is 0 Å². The molecule has 0 fully saturated rings. The molecule has 4 aromatic carbocycles. The van der Waals surface area contributed by atoms with Gasteiger partial charge < -0.3 is 4.42 Å².